The second-order valence-corrected chi connectivity index (χ2v) is 5.65. The van der Waals surface area contributed by atoms with Gasteiger partial charge in [-0.2, -0.15) is 0 Å². The first-order chi connectivity index (χ1) is 10.1. The van der Waals surface area contributed by atoms with E-state index in [1.165, 1.54) is 0 Å². The third-order valence-corrected chi connectivity index (χ3v) is 4.25. The van der Waals surface area contributed by atoms with E-state index in [2.05, 4.69) is 5.32 Å². The zero-order chi connectivity index (χ0) is 15.0. The number of halogens is 1. The number of benzene rings is 2. The van der Waals surface area contributed by atoms with E-state index in [0.717, 1.165) is 33.8 Å². The molecule has 1 aliphatic heterocycles. The lowest BCUT2D eigenvalue weighted by Gasteiger charge is -2.11. The van der Waals surface area contributed by atoms with Crippen LogP contribution in [0.25, 0.3) is 0 Å². The molecule has 0 atom stereocenters. The van der Waals surface area contributed by atoms with Crippen LogP contribution in [-0.2, 0) is 6.42 Å². The molecule has 0 spiro atoms. The van der Waals surface area contributed by atoms with Gasteiger partial charge in [0.25, 0.3) is 5.91 Å². The van der Waals surface area contributed by atoms with Gasteiger partial charge in [0.05, 0.1) is 12.2 Å². The van der Waals surface area contributed by atoms with Gasteiger partial charge in [-0.3, -0.25) is 4.79 Å². The molecule has 2 aromatic rings. The average Bonchev–Trinajstić information content (AvgIpc) is 2.92. The van der Waals surface area contributed by atoms with Gasteiger partial charge in [0.2, 0.25) is 0 Å². The molecule has 21 heavy (non-hydrogen) atoms. The van der Waals surface area contributed by atoms with Crippen molar-refractivity contribution in [2.24, 2.45) is 0 Å². The van der Waals surface area contributed by atoms with Gasteiger partial charge in [0.1, 0.15) is 5.75 Å². The van der Waals surface area contributed by atoms with Crippen molar-refractivity contribution in [1.29, 1.82) is 0 Å². The molecule has 0 saturated carbocycles. The monoisotopic (exact) mass is 301 g/mol. The minimum Gasteiger partial charge on any atom is -0.492 e. The number of ether oxygens (including phenoxy) is 1. The summed E-state index contributed by atoms with van der Waals surface area (Å²) in [6.07, 6.45) is 0.857. The number of hydrogen-bond donors (Lipinski definition) is 1. The quantitative estimate of drug-likeness (QED) is 0.905. The predicted molar refractivity (Wildman–Crippen MR) is 84.5 cm³/mol. The highest BCUT2D eigenvalue weighted by Crippen LogP contribution is 2.30. The number of nitrogens with one attached hydrogen (secondary N) is 1. The van der Waals surface area contributed by atoms with Crippen molar-refractivity contribution < 1.29 is 9.53 Å². The summed E-state index contributed by atoms with van der Waals surface area (Å²) in [5, 5.41) is 3.65. The molecule has 3 nitrogen and oxygen atoms in total. The maximum Gasteiger partial charge on any atom is 0.259 e. The van der Waals surface area contributed by atoms with Crippen LogP contribution >= 0.6 is 11.6 Å². The van der Waals surface area contributed by atoms with Crippen LogP contribution in [-0.4, -0.2) is 12.5 Å². The van der Waals surface area contributed by atoms with E-state index in [9.17, 15) is 4.79 Å². The van der Waals surface area contributed by atoms with E-state index in [1.807, 2.05) is 38.1 Å². The van der Waals surface area contributed by atoms with Crippen molar-refractivity contribution in [2.75, 3.05) is 11.9 Å². The van der Waals surface area contributed by atoms with Gasteiger partial charge in [0, 0.05) is 17.1 Å². The van der Waals surface area contributed by atoms with Crippen LogP contribution in [0.5, 0.6) is 5.75 Å². The average molecular weight is 302 g/mol. The Kier molecular flexibility index (Phi) is 3.60. The molecule has 0 bridgehead atoms. The van der Waals surface area contributed by atoms with Gasteiger partial charge in [-0.1, -0.05) is 23.7 Å². The summed E-state index contributed by atoms with van der Waals surface area (Å²) in [6.45, 7) is 4.49. The number of carbonyl (C=O) groups excluding carboxylic acids is 1. The molecule has 0 saturated heterocycles. The number of fused-ring (bicyclic) bond motifs is 1. The molecule has 2 aromatic carbocycles. The number of rotatable bonds is 2. The van der Waals surface area contributed by atoms with E-state index < -0.39 is 0 Å². The van der Waals surface area contributed by atoms with Crippen LogP contribution in [0.4, 0.5) is 5.69 Å². The zero-order valence-corrected chi connectivity index (χ0v) is 12.8. The first-order valence-corrected chi connectivity index (χ1v) is 7.27. The van der Waals surface area contributed by atoms with Crippen LogP contribution in [0.15, 0.2) is 30.3 Å². The lowest BCUT2D eigenvalue weighted by atomic mass is 10.1. The summed E-state index contributed by atoms with van der Waals surface area (Å²) < 4.78 is 5.57. The summed E-state index contributed by atoms with van der Waals surface area (Å²) >= 11 is 6.15. The molecular formula is C17H16ClNO2. The van der Waals surface area contributed by atoms with E-state index in [4.69, 9.17) is 16.3 Å². The molecule has 1 heterocycles. The highest BCUT2D eigenvalue weighted by Gasteiger charge is 2.20. The number of hydrogen-bond acceptors (Lipinski definition) is 2. The normalized spacial score (nSPS) is 12.7. The number of carbonyl (C=O) groups is 1. The van der Waals surface area contributed by atoms with Crippen molar-refractivity contribution in [3.63, 3.8) is 0 Å². The molecule has 0 unspecified atom stereocenters. The van der Waals surface area contributed by atoms with Gasteiger partial charge >= 0.3 is 0 Å². The first-order valence-electron chi connectivity index (χ1n) is 6.89. The molecule has 3 rings (SSSR count). The van der Waals surface area contributed by atoms with E-state index >= 15 is 0 Å². The molecule has 0 aliphatic carbocycles. The Labute approximate surface area is 128 Å². The Morgan fingerprint density at radius 3 is 2.67 bits per heavy atom. The smallest absolute Gasteiger partial charge is 0.259 e. The molecule has 0 radical (unpaired) electrons. The SMILES string of the molecule is Cc1cc(NC(=O)c2cccc3c2OCC3)cc(C)c1Cl. The molecule has 1 aliphatic rings. The summed E-state index contributed by atoms with van der Waals surface area (Å²) in [5.74, 6) is 0.548. The standard InChI is InChI=1S/C17H16ClNO2/c1-10-8-13(9-11(2)15(10)18)19-17(20)14-5-3-4-12-6-7-21-16(12)14/h3-5,8-9H,6-7H2,1-2H3,(H,19,20). The topological polar surface area (TPSA) is 38.3 Å². The molecule has 1 N–H and O–H groups in total. The fraction of sp³-hybridized carbons (Fsp3) is 0.235. The predicted octanol–water partition coefficient (Wildman–Crippen LogP) is 4.14. The maximum absolute atomic E-state index is 12.5. The molecule has 108 valence electrons. The molecular weight excluding hydrogens is 286 g/mol. The van der Waals surface area contributed by atoms with Crippen molar-refractivity contribution >= 4 is 23.2 Å². The summed E-state index contributed by atoms with van der Waals surface area (Å²) in [5.41, 5.74) is 4.30. The van der Waals surface area contributed by atoms with Crippen LogP contribution in [0.3, 0.4) is 0 Å². The lowest BCUT2D eigenvalue weighted by Crippen LogP contribution is -2.13. The van der Waals surface area contributed by atoms with Gasteiger partial charge in [-0.15, -0.1) is 0 Å². The van der Waals surface area contributed by atoms with Gasteiger partial charge in [-0.05, 0) is 48.7 Å². The number of anilines is 1. The molecule has 0 aromatic heterocycles. The third-order valence-electron chi connectivity index (χ3n) is 3.65. The fourth-order valence-electron chi connectivity index (χ4n) is 2.61. The number of amides is 1. The van der Waals surface area contributed by atoms with E-state index in [-0.39, 0.29) is 5.91 Å². The molecule has 0 fully saturated rings. The highest BCUT2D eigenvalue weighted by atomic mass is 35.5. The Hall–Kier alpha value is -2.00. The van der Waals surface area contributed by atoms with Crippen molar-refractivity contribution in [2.45, 2.75) is 20.3 Å². The van der Waals surface area contributed by atoms with Crippen LogP contribution in [0, 0.1) is 13.8 Å². The summed E-state index contributed by atoms with van der Waals surface area (Å²) in [7, 11) is 0. The second-order valence-electron chi connectivity index (χ2n) is 5.27. The highest BCUT2D eigenvalue weighted by molar-refractivity contribution is 6.32. The third kappa shape index (κ3) is 2.61. The van der Waals surface area contributed by atoms with Crippen LogP contribution < -0.4 is 10.1 Å². The van der Waals surface area contributed by atoms with E-state index in [0.29, 0.717) is 17.9 Å². The van der Waals surface area contributed by atoms with Crippen LogP contribution in [0.1, 0.15) is 27.0 Å². The Balaban J connectivity index is 1.89. The fourth-order valence-corrected chi connectivity index (χ4v) is 2.72. The number of para-hydroxylation sites is 1. The van der Waals surface area contributed by atoms with Crippen molar-refractivity contribution in [3.8, 4) is 5.75 Å². The zero-order valence-electron chi connectivity index (χ0n) is 12.0. The van der Waals surface area contributed by atoms with Gasteiger partial charge < -0.3 is 10.1 Å². The summed E-state index contributed by atoms with van der Waals surface area (Å²) in [6, 6.07) is 9.42. The molecule has 1 amide bonds. The Morgan fingerprint density at radius 1 is 1.24 bits per heavy atom. The maximum atomic E-state index is 12.5. The molecule has 4 heteroatoms. The van der Waals surface area contributed by atoms with Crippen LogP contribution in [0.2, 0.25) is 5.02 Å². The second kappa shape index (κ2) is 5.41. The van der Waals surface area contributed by atoms with Gasteiger partial charge in [-0.25, -0.2) is 0 Å². The summed E-state index contributed by atoms with van der Waals surface area (Å²) in [4.78, 5) is 12.5. The Bertz CT molecular complexity index is 702. The Morgan fingerprint density at radius 2 is 1.95 bits per heavy atom. The van der Waals surface area contributed by atoms with Crippen molar-refractivity contribution in [3.05, 3.63) is 57.6 Å². The minimum absolute atomic E-state index is 0.158. The first kappa shape index (κ1) is 14.0. The lowest BCUT2D eigenvalue weighted by molar-refractivity contribution is 0.102. The number of aryl methyl sites for hydroxylation is 2. The van der Waals surface area contributed by atoms with E-state index in [1.54, 1.807) is 6.07 Å². The van der Waals surface area contributed by atoms with Crippen molar-refractivity contribution in [1.82, 2.24) is 0 Å². The van der Waals surface area contributed by atoms with Gasteiger partial charge in [0.15, 0.2) is 0 Å². The minimum atomic E-state index is -0.158. The largest absolute Gasteiger partial charge is 0.492 e.